The van der Waals surface area contributed by atoms with Crippen LogP contribution in [0.4, 0.5) is 0 Å². The Morgan fingerprint density at radius 3 is 2.72 bits per heavy atom. The maximum absolute atomic E-state index is 12.1. The Kier molecular flexibility index (Phi) is 5.73. The summed E-state index contributed by atoms with van der Waals surface area (Å²) < 4.78 is 5.10. The highest BCUT2D eigenvalue weighted by molar-refractivity contribution is 8.15. The molecule has 1 N–H and O–H groups in total. The number of hydrogen-bond donors (Lipinski definition) is 1. The summed E-state index contributed by atoms with van der Waals surface area (Å²) in [5.74, 6) is 0.702. The van der Waals surface area contributed by atoms with E-state index in [0.717, 1.165) is 16.9 Å². The summed E-state index contributed by atoms with van der Waals surface area (Å²) in [6.45, 7) is 0. The quantitative estimate of drug-likeness (QED) is 0.644. The minimum absolute atomic E-state index is 0.0803. The normalized spacial score (nSPS) is 18.7. The molecule has 0 bridgehead atoms. The number of methoxy groups -OCH3 is 1. The predicted molar refractivity (Wildman–Crippen MR) is 103 cm³/mol. The van der Waals surface area contributed by atoms with Gasteiger partial charge in [0.05, 0.1) is 18.6 Å². The largest absolute Gasteiger partial charge is 0.497 e. The van der Waals surface area contributed by atoms with E-state index < -0.39 is 0 Å². The van der Waals surface area contributed by atoms with Crippen LogP contribution in [0, 0.1) is 0 Å². The van der Waals surface area contributed by atoms with Gasteiger partial charge in [0.15, 0.2) is 5.17 Å². The predicted octanol–water partition coefficient (Wildman–Crippen LogP) is 3.51. The third kappa shape index (κ3) is 4.61. The number of ether oxygens (including phenoxy) is 1. The van der Waals surface area contributed by atoms with Gasteiger partial charge in [-0.3, -0.25) is 4.79 Å². The Morgan fingerprint density at radius 1 is 1.24 bits per heavy atom. The van der Waals surface area contributed by atoms with Crippen molar-refractivity contribution in [1.82, 2.24) is 5.32 Å². The zero-order chi connectivity index (χ0) is 17.6. The molecule has 1 aliphatic heterocycles. The molecule has 1 saturated heterocycles. The van der Waals surface area contributed by atoms with E-state index in [9.17, 15) is 4.79 Å². The fraction of sp³-hybridized carbons (Fsp3) is 0.167. The Hall–Kier alpha value is -2.31. The molecule has 1 amide bonds. The van der Waals surface area contributed by atoms with Crippen LogP contribution in [0.5, 0.6) is 5.75 Å². The Labute approximate surface area is 155 Å². The van der Waals surface area contributed by atoms with Gasteiger partial charge >= 0.3 is 0 Å². The first-order valence-corrected chi connectivity index (χ1v) is 8.87. The van der Waals surface area contributed by atoms with Crippen LogP contribution in [0.2, 0.25) is 5.02 Å². The van der Waals surface area contributed by atoms with Crippen molar-refractivity contribution in [3.8, 4) is 5.75 Å². The van der Waals surface area contributed by atoms with Crippen LogP contribution in [0.25, 0.3) is 0 Å². The lowest BCUT2D eigenvalue weighted by atomic mass is 10.1. The molecule has 1 aliphatic rings. The number of halogens is 1. The van der Waals surface area contributed by atoms with Gasteiger partial charge < -0.3 is 10.1 Å². The summed E-state index contributed by atoms with van der Waals surface area (Å²) in [5.41, 5.74) is 1.84. The molecule has 7 heteroatoms. The number of nitrogens with zero attached hydrogens (tertiary/aromatic N) is 2. The van der Waals surface area contributed by atoms with Crippen molar-refractivity contribution >= 4 is 40.7 Å². The Morgan fingerprint density at radius 2 is 2.00 bits per heavy atom. The first-order valence-electron chi connectivity index (χ1n) is 7.61. The molecule has 2 aromatic carbocycles. The fourth-order valence-corrected chi connectivity index (χ4v) is 3.45. The molecule has 1 fully saturated rings. The van der Waals surface area contributed by atoms with Gasteiger partial charge in [0.1, 0.15) is 5.75 Å². The van der Waals surface area contributed by atoms with E-state index in [1.54, 1.807) is 13.3 Å². The van der Waals surface area contributed by atoms with E-state index in [2.05, 4.69) is 15.5 Å². The van der Waals surface area contributed by atoms with Crippen molar-refractivity contribution in [3.05, 3.63) is 64.7 Å². The number of hydrogen-bond acceptors (Lipinski definition) is 5. The number of rotatable bonds is 5. The summed E-state index contributed by atoms with van der Waals surface area (Å²) in [7, 11) is 1.62. The second-order valence-electron chi connectivity index (χ2n) is 5.31. The van der Waals surface area contributed by atoms with Gasteiger partial charge in [-0.15, -0.1) is 5.10 Å². The van der Waals surface area contributed by atoms with Crippen molar-refractivity contribution in [1.29, 1.82) is 0 Å². The first kappa shape index (κ1) is 17.5. The van der Waals surface area contributed by atoms with E-state index in [4.69, 9.17) is 16.3 Å². The lowest BCUT2D eigenvalue weighted by molar-refractivity contribution is -0.118. The number of thioether (sulfide) groups is 1. The van der Waals surface area contributed by atoms with Gasteiger partial charge in [-0.2, -0.15) is 5.10 Å². The molecule has 1 heterocycles. The molecule has 1 atom stereocenters. The second kappa shape index (κ2) is 8.18. The van der Waals surface area contributed by atoms with E-state index >= 15 is 0 Å². The number of amidine groups is 1. The zero-order valence-electron chi connectivity index (χ0n) is 13.5. The number of benzene rings is 2. The fourth-order valence-electron chi connectivity index (χ4n) is 2.29. The molecular formula is C18H16ClN3O2S. The van der Waals surface area contributed by atoms with Gasteiger partial charge in [-0.05, 0) is 47.9 Å². The topological polar surface area (TPSA) is 63.1 Å². The molecule has 2 aromatic rings. The smallest absolute Gasteiger partial charge is 0.239 e. The second-order valence-corrected chi connectivity index (χ2v) is 6.91. The van der Waals surface area contributed by atoms with Gasteiger partial charge in [0, 0.05) is 5.02 Å². The third-order valence-corrected chi connectivity index (χ3v) is 5.05. The molecule has 0 saturated carbocycles. The minimum Gasteiger partial charge on any atom is -0.497 e. The van der Waals surface area contributed by atoms with Gasteiger partial charge in [-0.1, -0.05) is 41.6 Å². The lowest BCUT2D eigenvalue weighted by Gasteiger charge is -2.06. The van der Waals surface area contributed by atoms with Crippen molar-refractivity contribution in [2.45, 2.75) is 11.7 Å². The third-order valence-electron chi connectivity index (χ3n) is 3.61. The van der Waals surface area contributed by atoms with Gasteiger partial charge in [0.2, 0.25) is 5.91 Å². The molecule has 3 rings (SSSR count). The van der Waals surface area contributed by atoms with Gasteiger partial charge in [0.25, 0.3) is 0 Å². The van der Waals surface area contributed by atoms with E-state index in [0.29, 0.717) is 16.6 Å². The van der Waals surface area contributed by atoms with E-state index in [1.807, 2.05) is 48.5 Å². The van der Waals surface area contributed by atoms with Gasteiger partial charge in [-0.25, -0.2) is 0 Å². The molecule has 5 nitrogen and oxygen atoms in total. The molecule has 0 unspecified atom stereocenters. The lowest BCUT2D eigenvalue weighted by Crippen LogP contribution is -2.26. The summed E-state index contributed by atoms with van der Waals surface area (Å²) in [6, 6.07) is 15.0. The highest BCUT2D eigenvalue weighted by Gasteiger charge is 2.30. The van der Waals surface area contributed by atoms with Crippen LogP contribution in [0.3, 0.4) is 0 Å². The molecule has 128 valence electrons. The van der Waals surface area contributed by atoms with Crippen molar-refractivity contribution < 1.29 is 9.53 Å². The molecule has 25 heavy (non-hydrogen) atoms. The molecule has 0 aliphatic carbocycles. The molecular weight excluding hydrogens is 358 g/mol. The minimum atomic E-state index is -0.255. The average molecular weight is 374 g/mol. The number of amides is 1. The zero-order valence-corrected chi connectivity index (χ0v) is 15.1. The molecule has 0 radical (unpaired) electrons. The highest BCUT2D eigenvalue weighted by Crippen LogP contribution is 2.26. The standard InChI is InChI=1S/C18H16ClN3O2S/c1-24-14-8-6-12(7-9-14)11-20-22-18-21-17(23)16(25-18)10-13-4-2-3-5-15(13)19/h2-9,11,16H,10H2,1H3,(H,21,22,23)/t16-/m1/s1. The molecule has 0 spiro atoms. The van der Waals surface area contributed by atoms with Crippen LogP contribution < -0.4 is 10.1 Å². The van der Waals surface area contributed by atoms with Crippen molar-refractivity contribution in [2.24, 2.45) is 10.2 Å². The van der Waals surface area contributed by atoms with Crippen molar-refractivity contribution in [2.75, 3.05) is 7.11 Å². The van der Waals surface area contributed by atoms with Crippen LogP contribution in [-0.2, 0) is 11.2 Å². The van der Waals surface area contributed by atoms with Crippen LogP contribution in [-0.4, -0.2) is 29.6 Å². The average Bonchev–Trinajstić information content (AvgIpc) is 2.97. The Balaban J connectivity index is 1.62. The van der Waals surface area contributed by atoms with Crippen LogP contribution >= 0.6 is 23.4 Å². The highest BCUT2D eigenvalue weighted by atomic mass is 35.5. The van der Waals surface area contributed by atoms with E-state index in [-0.39, 0.29) is 11.2 Å². The van der Waals surface area contributed by atoms with Crippen LogP contribution in [0.1, 0.15) is 11.1 Å². The summed E-state index contributed by atoms with van der Waals surface area (Å²) in [6.07, 6.45) is 2.18. The number of carbonyl (C=O) groups excluding carboxylic acids is 1. The summed E-state index contributed by atoms with van der Waals surface area (Å²) in [4.78, 5) is 12.1. The van der Waals surface area contributed by atoms with Crippen molar-refractivity contribution in [3.63, 3.8) is 0 Å². The number of carbonyl (C=O) groups is 1. The Bertz CT molecular complexity index is 821. The van der Waals surface area contributed by atoms with Crippen LogP contribution in [0.15, 0.2) is 58.7 Å². The molecule has 0 aromatic heterocycles. The maximum Gasteiger partial charge on any atom is 0.239 e. The SMILES string of the molecule is COc1ccc(C=N/N=C2\NC(=O)[C@@H](Cc3ccccc3Cl)S2)cc1. The maximum atomic E-state index is 12.1. The summed E-state index contributed by atoms with van der Waals surface area (Å²) in [5, 5.41) is 11.8. The first-order chi connectivity index (χ1) is 12.2. The summed E-state index contributed by atoms with van der Waals surface area (Å²) >= 11 is 7.52. The number of nitrogens with one attached hydrogen (secondary N) is 1. The van der Waals surface area contributed by atoms with E-state index in [1.165, 1.54) is 11.8 Å². The monoisotopic (exact) mass is 373 g/mol.